The average Bonchev–Trinajstić information content (AvgIpc) is 2.86. The maximum atomic E-state index is 13.0. The van der Waals surface area contributed by atoms with Gasteiger partial charge in [0.15, 0.2) is 5.13 Å². The van der Waals surface area contributed by atoms with Gasteiger partial charge in [-0.3, -0.25) is 4.79 Å². The Morgan fingerprint density at radius 1 is 1.55 bits per heavy atom. The van der Waals surface area contributed by atoms with Gasteiger partial charge in [0.05, 0.1) is 6.42 Å². The van der Waals surface area contributed by atoms with Crippen LogP contribution in [0.4, 0.5) is 9.52 Å². The van der Waals surface area contributed by atoms with Gasteiger partial charge < -0.3 is 10.5 Å². The summed E-state index contributed by atoms with van der Waals surface area (Å²) in [7, 11) is 0. The predicted octanol–water partition coefficient (Wildman–Crippen LogP) is 2.66. The molecule has 0 radical (unpaired) electrons. The number of oxime groups is 1. The third kappa shape index (κ3) is 3.61. The maximum absolute atomic E-state index is 13.0. The third-order valence-electron chi connectivity index (χ3n) is 2.52. The summed E-state index contributed by atoms with van der Waals surface area (Å²) in [4.78, 5) is 15.9. The molecule has 0 fully saturated rings. The number of anilines is 1. The summed E-state index contributed by atoms with van der Waals surface area (Å²) >= 11 is 1.23. The van der Waals surface area contributed by atoms with E-state index in [9.17, 15) is 9.18 Å². The highest BCUT2D eigenvalue weighted by Gasteiger charge is 2.09. The zero-order chi connectivity index (χ0) is 14.5. The van der Waals surface area contributed by atoms with Gasteiger partial charge in [-0.25, -0.2) is 9.37 Å². The third-order valence-corrected chi connectivity index (χ3v) is 3.28. The number of nitrogens with zero attached hydrogens (tertiary/aromatic N) is 2. The van der Waals surface area contributed by atoms with Crippen LogP contribution >= 0.6 is 11.3 Å². The molecular weight excluding hydrogens is 281 g/mol. The average molecular weight is 293 g/mol. The molecule has 2 aromatic rings. The van der Waals surface area contributed by atoms with Gasteiger partial charge in [-0.15, -0.1) is 11.3 Å². The van der Waals surface area contributed by atoms with E-state index in [0.29, 0.717) is 22.1 Å². The fourth-order valence-corrected chi connectivity index (χ4v) is 2.31. The number of hydrogen-bond donors (Lipinski definition) is 2. The Morgan fingerprint density at radius 2 is 2.35 bits per heavy atom. The van der Waals surface area contributed by atoms with Gasteiger partial charge in [-0.2, -0.15) is 0 Å². The number of hydrogen-bond acceptors (Lipinski definition) is 5. The second kappa shape index (κ2) is 6.25. The zero-order valence-electron chi connectivity index (χ0n) is 10.6. The molecule has 2 N–H and O–H groups in total. The molecule has 0 saturated heterocycles. The molecule has 7 heteroatoms. The molecule has 104 valence electrons. The van der Waals surface area contributed by atoms with Gasteiger partial charge in [0, 0.05) is 5.38 Å². The summed E-state index contributed by atoms with van der Waals surface area (Å²) in [5.74, 6) is -0.656. The molecule has 0 atom stereocenters. The summed E-state index contributed by atoms with van der Waals surface area (Å²) in [5, 5.41) is 16.4. The number of benzene rings is 1. The Labute approximate surface area is 118 Å². The normalized spacial score (nSPS) is 11.4. The van der Waals surface area contributed by atoms with Crippen molar-refractivity contribution in [1.29, 1.82) is 0 Å². The Balaban J connectivity index is 2.00. The van der Waals surface area contributed by atoms with Gasteiger partial charge in [-0.05, 0) is 24.6 Å². The van der Waals surface area contributed by atoms with E-state index in [1.807, 2.05) is 0 Å². The van der Waals surface area contributed by atoms with Crippen LogP contribution in [0.1, 0.15) is 18.2 Å². The van der Waals surface area contributed by atoms with E-state index < -0.39 is 0 Å². The lowest BCUT2D eigenvalue weighted by atomic mass is 10.1. The first-order valence-electron chi connectivity index (χ1n) is 5.77. The second-order valence-corrected chi connectivity index (χ2v) is 4.94. The highest BCUT2D eigenvalue weighted by Crippen LogP contribution is 2.16. The number of aromatic nitrogens is 1. The molecule has 0 saturated carbocycles. The molecule has 1 aromatic heterocycles. The molecule has 2 rings (SSSR count). The number of carbonyl (C=O) groups is 1. The first kappa shape index (κ1) is 14.1. The summed E-state index contributed by atoms with van der Waals surface area (Å²) in [6.45, 7) is 1.60. The molecule has 1 aromatic carbocycles. The highest BCUT2D eigenvalue weighted by molar-refractivity contribution is 7.14. The van der Waals surface area contributed by atoms with E-state index in [1.54, 1.807) is 24.4 Å². The van der Waals surface area contributed by atoms with Crippen LogP contribution in [0.25, 0.3) is 0 Å². The lowest BCUT2D eigenvalue weighted by molar-refractivity contribution is -0.115. The van der Waals surface area contributed by atoms with E-state index in [1.165, 1.54) is 23.5 Å². The van der Waals surface area contributed by atoms with Crippen LogP contribution in [-0.2, 0) is 11.2 Å². The lowest BCUT2D eigenvalue weighted by Gasteiger charge is -2.02. The molecular formula is C13H12FN3O2S. The molecule has 0 bridgehead atoms. The molecule has 0 spiro atoms. The largest absolute Gasteiger partial charge is 0.411 e. The van der Waals surface area contributed by atoms with Crippen molar-refractivity contribution in [3.63, 3.8) is 0 Å². The van der Waals surface area contributed by atoms with Crippen molar-refractivity contribution in [1.82, 2.24) is 4.98 Å². The topological polar surface area (TPSA) is 74.6 Å². The molecule has 1 heterocycles. The summed E-state index contributed by atoms with van der Waals surface area (Å²) in [5.41, 5.74) is 1.46. The fourth-order valence-electron chi connectivity index (χ4n) is 1.54. The van der Waals surface area contributed by atoms with Gasteiger partial charge >= 0.3 is 0 Å². The second-order valence-electron chi connectivity index (χ2n) is 4.08. The van der Waals surface area contributed by atoms with Crippen LogP contribution in [0.5, 0.6) is 0 Å². The van der Waals surface area contributed by atoms with Crippen LogP contribution in [0, 0.1) is 5.82 Å². The van der Waals surface area contributed by atoms with E-state index >= 15 is 0 Å². The minimum Gasteiger partial charge on any atom is -0.411 e. The summed E-state index contributed by atoms with van der Waals surface area (Å²) in [6.07, 6.45) is 0.0692. The minimum atomic E-state index is -0.374. The van der Waals surface area contributed by atoms with Gasteiger partial charge in [-0.1, -0.05) is 17.3 Å². The van der Waals surface area contributed by atoms with Crippen LogP contribution in [0.2, 0.25) is 0 Å². The van der Waals surface area contributed by atoms with Crippen LogP contribution in [0.15, 0.2) is 34.8 Å². The van der Waals surface area contributed by atoms with E-state index in [4.69, 9.17) is 5.21 Å². The number of carbonyl (C=O) groups excluding carboxylic acids is 1. The molecule has 1 amide bonds. The van der Waals surface area contributed by atoms with Crippen LogP contribution in [-0.4, -0.2) is 21.8 Å². The van der Waals surface area contributed by atoms with Gasteiger partial charge in [0.2, 0.25) is 5.91 Å². The van der Waals surface area contributed by atoms with Gasteiger partial charge in [0.1, 0.15) is 17.2 Å². The Kier molecular flexibility index (Phi) is 4.41. The molecule has 0 aliphatic carbocycles. The van der Waals surface area contributed by atoms with Crippen molar-refractivity contribution in [2.75, 3.05) is 5.32 Å². The van der Waals surface area contributed by atoms with Crippen molar-refractivity contribution < 1.29 is 14.4 Å². The molecule has 0 aliphatic rings. The van der Waals surface area contributed by atoms with Crippen molar-refractivity contribution in [3.8, 4) is 0 Å². The molecule has 0 unspecified atom stereocenters. The first-order valence-corrected chi connectivity index (χ1v) is 6.65. The number of rotatable bonds is 4. The highest BCUT2D eigenvalue weighted by atomic mass is 32.1. The van der Waals surface area contributed by atoms with E-state index in [2.05, 4.69) is 15.5 Å². The summed E-state index contributed by atoms with van der Waals surface area (Å²) < 4.78 is 13.0. The predicted molar refractivity (Wildman–Crippen MR) is 74.8 cm³/mol. The van der Waals surface area contributed by atoms with Crippen molar-refractivity contribution in [2.45, 2.75) is 13.3 Å². The van der Waals surface area contributed by atoms with Crippen molar-refractivity contribution >= 4 is 28.1 Å². The number of nitrogens with one attached hydrogen (secondary N) is 1. The van der Waals surface area contributed by atoms with E-state index in [0.717, 1.165) is 0 Å². The Morgan fingerprint density at radius 3 is 3.05 bits per heavy atom. The number of halogens is 1. The van der Waals surface area contributed by atoms with E-state index in [-0.39, 0.29) is 18.1 Å². The smallest absolute Gasteiger partial charge is 0.230 e. The number of amides is 1. The Bertz CT molecular complexity index is 655. The van der Waals surface area contributed by atoms with Crippen LogP contribution < -0.4 is 5.32 Å². The zero-order valence-corrected chi connectivity index (χ0v) is 11.4. The Hall–Kier alpha value is -2.28. The fraction of sp³-hybridized carbons (Fsp3) is 0.154. The summed E-state index contributed by atoms with van der Waals surface area (Å²) in [6, 6.07) is 5.87. The lowest BCUT2D eigenvalue weighted by Crippen LogP contribution is -2.14. The standard InChI is InChI=1S/C13H12FN3O2S/c1-8(17-19)11-7-20-13(15-11)16-12(18)6-9-3-2-4-10(14)5-9/h2-5,7,19H,6H2,1H3,(H,15,16,18). The SMILES string of the molecule is CC(=NO)c1csc(NC(=O)Cc2cccc(F)c2)n1. The monoisotopic (exact) mass is 293 g/mol. The quantitative estimate of drug-likeness (QED) is 0.517. The number of thiazole rings is 1. The molecule has 0 aliphatic heterocycles. The first-order chi connectivity index (χ1) is 9.58. The van der Waals surface area contributed by atoms with Gasteiger partial charge in [0.25, 0.3) is 0 Å². The minimum absolute atomic E-state index is 0.0692. The van der Waals surface area contributed by atoms with Crippen molar-refractivity contribution in [2.24, 2.45) is 5.16 Å². The molecule has 5 nitrogen and oxygen atoms in total. The molecule has 20 heavy (non-hydrogen) atoms. The maximum Gasteiger partial charge on any atom is 0.230 e. The van der Waals surface area contributed by atoms with Crippen LogP contribution in [0.3, 0.4) is 0 Å². The van der Waals surface area contributed by atoms with Crippen molar-refractivity contribution in [3.05, 3.63) is 46.7 Å².